The first kappa shape index (κ1) is 20.6. The van der Waals surface area contributed by atoms with E-state index in [1.165, 1.54) is 17.7 Å². The Hall–Kier alpha value is -3.32. The Morgan fingerprint density at radius 3 is 2.62 bits per heavy atom. The third-order valence-corrected chi connectivity index (χ3v) is 6.45. The van der Waals surface area contributed by atoms with Gasteiger partial charge in [-0.25, -0.2) is 19.9 Å². The third kappa shape index (κ3) is 3.96. The summed E-state index contributed by atoms with van der Waals surface area (Å²) in [5.74, 6) is 0.335. The van der Waals surface area contributed by atoms with E-state index in [1.54, 1.807) is 31.0 Å². The lowest BCUT2D eigenvalue weighted by atomic mass is 10.1. The van der Waals surface area contributed by atoms with Crippen LogP contribution in [0.3, 0.4) is 0 Å². The molecular formula is C20H20N8O3S. The number of fused-ring (bicyclic) bond motifs is 1. The summed E-state index contributed by atoms with van der Waals surface area (Å²) in [6.07, 6.45) is 7.99. The largest absolute Gasteiger partial charge is 0.396 e. The van der Waals surface area contributed by atoms with Gasteiger partial charge in [-0.05, 0) is 12.5 Å². The number of anilines is 3. The van der Waals surface area contributed by atoms with Crippen molar-refractivity contribution < 1.29 is 15.3 Å². The maximum absolute atomic E-state index is 10.5. The molecule has 0 saturated heterocycles. The first-order valence-electron chi connectivity index (χ1n) is 9.96. The summed E-state index contributed by atoms with van der Waals surface area (Å²) in [5.41, 5.74) is 2.03. The highest BCUT2D eigenvalue weighted by atomic mass is 32.1. The van der Waals surface area contributed by atoms with Crippen LogP contribution >= 0.6 is 11.3 Å². The van der Waals surface area contributed by atoms with Gasteiger partial charge in [-0.1, -0.05) is 0 Å². The molecule has 4 heterocycles. The number of nitrogens with one attached hydrogen (secondary N) is 2. The van der Waals surface area contributed by atoms with E-state index in [0.717, 1.165) is 10.2 Å². The van der Waals surface area contributed by atoms with E-state index in [-0.39, 0.29) is 6.61 Å². The number of thiazole rings is 1. The van der Waals surface area contributed by atoms with Gasteiger partial charge in [0.2, 0.25) is 5.95 Å². The van der Waals surface area contributed by atoms with Gasteiger partial charge in [-0.3, -0.25) is 4.98 Å². The van der Waals surface area contributed by atoms with Gasteiger partial charge in [0, 0.05) is 24.9 Å². The van der Waals surface area contributed by atoms with E-state index in [1.807, 2.05) is 6.07 Å². The Labute approximate surface area is 186 Å². The molecule has 12 heteroatoms. The first-order chi connectivity index (χ1) is 15.6. The van der Waals surface area contributed by atoms with Gasteiger partial charge in [0.25, 0.3) is 0 Å². The van der Waals surface area contributed by atoms with Crippen LogP contribution in [0.2, 0.25) is 0 Å². The lowest BCUT2D eigenvalue weighted by molar-refractivity contribution is 0.00446. The number of aliphatic hydroxyl groups excluding tert-OH is 3. The van der Waals surface area contributed by atoms with Crippen molar-refractivity contribution in [3.63, 3.8) is 0 Å². The van der Waals surface area contributed by atoms with Crippen molar-refractivity contribution in [2.24, 2.45) is 5.92 Å². The minimum atomic E-state index is -1.05. The average Bonchev–Trinajstić information content (AvgIpc) is 3.36. The van der Waals surface area contributed by atoms with Crippen LogP contribution in [0.1, 0.15) is 6.42 Å². The molecule has 0 spiro atoms. The van der Waals surface area contributed by atoms with Crippen molar-refractivity contribution in [2.75, 3.05) is 17.2 Å². The predicted octanol–water partition coefficient (Wildman–Crippen LogP) is 1.20. The minimum absolute atomic E-state index is 0.210. The van der Waals surface area contributed by atoms with Crippen molar-refractivity contribution in [3.05, 3.63) is 43.4 Å². The highest BCUT2D eigenvalue weighted by Gasteiger charge is 2.41. The summed E-state index contributed by atoms with van der Waals surface area (Å²) in [6.45, 7) is -0.210. The summed E-state index contributed by atoms with van der Waals surface area (Å²) in [7, 11) is 0. The van der Waals surface area contributed by atoms with E-state index >= 15 is 0 Å². The lowest BCUT2D eigenvalue weighted by Gasteiger charge is -2.20. The van der Waals surface area contributed by atoms with Gasteiger partial charge in [0.05, 0.1) is 46.7 Å². The Morgan fingerprint density at radius 1 is 1.03 bits per heavy atom. The number of aromatic nitrogens is 6. The zero-order valence-electron chi connectivity index (χ0n) is 16.7. The summed E-state index contributed by atoms with van der Waals surface area (Å²) in [5, 5.41) is 37.2. The Morgan fingerprint density at radius 2 is 1.88 bits per heavy atom. The fraction of sp³-hybridized carbons (Fsp3) is 0.300. The summed E-state index contributed by atoms with van der Waals surface area (Å²) < 4.78 is 0.973. The number of nitrogens with zero attached hydrogens (tertiary/aromatic N) is 6. The Kier molecular flexibility index (Phi) is 5.57. The second-order valence-corrected chi connectivity index (χ2v) is 8.51. The van der Waals surface area contributed by atoms with Crippen LogP contribution in [0.5, 0.6) is 0 Å². The first-order valence-corrected chi connectivity index (χ1v) is 10.8. The fourth-order valence-electron chi connectivity index (χ4n) is 3.72. The van der Waals surface area contributed by atoms with Gasteiger partial charge >= 0.3 is 0 Å². The van der Waals surface area contributed by atoms with Crippen molar-refractivity contribution in [1.29, 1.82) is 0 Å². The molecule has 0 unspecified atom stereocenters. The second kappa shape index (κ2) is 8.67. The average molecular weight is 453 g/mol. The van der Waals surface area contributed by atoms with E-state index < -0.39 is 24.2 Å². The smallest absolute Gasteiger partial charge is 0.229 e. The fourth-order valence-corrected chi connectivity index (χ4v) is 4.66. The van der Waals surface area contributed by atoms with Crippen LogP contribution in [0.15, 0.2) is 43.4 Å². The molecule has 5 N–H and O–H groups in total. The van der Waals surface area contributed by atoms with Crippen molar-refractivity contribution in [3.8, 4) is 10.6 Å². The van der Waals surface area contributed by atoms with Gasteiger partial charge in [0.1, 0.15) is 28.8 Å². The second-order valence-electron chi connectivity index (χ2n) is 7.48. The van der Waals surface area contributed by atoms with Crippen molar-refractivity contribution in [2.45, 2.75) is 24.7 Å². The maximum atomic E-state index is 10.5. The molecule has 4 aromatic rings. The van der Waals surface area contributed by atoms with Gasteiger partial charge < -0.3 is 26.0 Å². The van der Waals surface area contributed by atoms with Gasteiger partial charge in [-0.2, -0.15) is 4.98 Å². The molecule has 5 rings (SSSR count). The molecule has 11 nitrogen and oxygen atoms in total. The topological polar surface area (TPSA) is 162 Å². The molecule has 1 aliphatic carbocycles. The monoisotopic (exact) mass is 452 g/mol. The lowest BCUT2D eigenvalue weighted by Crippen LogP contribution is -2.35. The van der Waals surface area contributed by atoms with Crippen LogP contribution in [0, 0.1) is 5.92 Å². The van der Waals surface area contributed by atoms with Gasteiger partial charge in [0.15, 0.2) is 0 Å². The van der Waals surface area contributed by atoms with E-state index in [2.05, 4.69) is 40.5 Å². The summed E-state index contributed by atoms with van der Waals surface area (Å²) >= 11 is 1.48. The van der Waals surface area contributed by atoms with Crippen LogP contribution in [-0.4, -0.2) is 70.1 Å². The molecule has 1 saturated carbocycles. The van der Waals surface area contributed by atoms with Crippen LogP contribution in [0.25, 0.3) is 20.8 Å². The number of pyridine rings is 1. The molecule has 0 radical (unpaired) electrons. The van der Waals surface area contributed by atoms with E-state index in [9.17, 15) is 15.3 Å². The number of hydrogen-bond acceptors (Lipinski definition) is 12. The Balaban J connectivity index is 1.52. The zero-order valence-corrected chi connectivity index (χ0v) is 17.5. The molecule has 0 aromatic carbocycles. The molecule has 1 fully saturated rings. The summed E-state index contributed by atoms with van der Waals surface area (Å²) in [6, 6.07) is 1.39. The zero-order chi connectivity index (χ0) is 22.1. The predicted molar refractivity (Wildman–Crippen MR) is 118 cm³/mol. The molecule has 4 aromatic heterocycles. The van der Waals surface area contributed by atoms with Crippen molar-refractivity contribution >= 4 is 39.0 Å². The highest BCUT2D eigenvalue weighted by Crippen LogP contribution is 2.36. The normalized spacial score (nSPS) is 22.8. The molecule has 4 atom stereocenters. The van der Waals surface area contributed by atoms with Crippen LogP contribution < -0.4 is 10.6 Å². The number of aliphatic hydroxyl groups is 3. The standard InChI is InChI=1S/C20H20N8O3S/c29-8-10-3-13(17(31)16(10)30)26-18-12(19-27-14-7-21-2-1-15(14)32-19)6-24-20(28-18)25-11-4-22-9-23-5-11/h1-2,4-7,9-10,13,16-17,29-31H,3,8H2,(H2,24,25,26,28)/t10-,13-,16-,17+/m1/s1. The highest BCUT2D eigenvalue weighted by molar-refractivity contribution is 7.21. The third-order valence-electron chi connectivity index (χ3n) is 5.38. The van der Waals surface area contributed by atoms with Crippen LogP contribution in [-0.2, 0) is 0 Å². The summed E-state index contributed by atoms with van der Waals surface area (Å²) in [4.78, 5) is 25.7. The van der Waals surface area contributed by atoms with Crippen LogP contribution in [0.4, 0.5) is 17.5 Å². The molecule has 0 aliphatic heterocycles. The minimum Gasteiger partial charge on any atom is -0.396 e. The van der Waals surface area contributed by atoms with Crippen molar-refractivity contribution in [1.82, 2.24) is 29.9 Å². The maximum Gasteiger partial charge on any atom is 0.229 e. The molecular weight excluding hydrogens is 432 g/mol. The number of rotatable bonds is 6. The quantitative estimate of drug-likeness (QED) is 0.286. The van der Waals surface area contributed by atoms with Gasteiger partial charge in [-0.15, -0.1) is 11.3 Å². The van der Waals surface area contributed by atoms with E-state index in [4.69, 9.17) is 0 Å². The Bertz CT molecular complexity index is 1190. The SMILES string of the molecule is OC[C@H]1C[C@@H](Nc2nc(Nc3cncnc3)ncc2-c2nc3cnccc3s2)[C@H](O)[C@@H]1O. The van der Waals surface area contributed by atoms with E-state index in [0.29, 0.717) is 34.4 Å². The molecule has 0 amide bonds. The molecule has 0 bridgehead atoms. The number of hydrogen-bond donors (Lipinski definition) is 5. The molecule has 164 valence electrons. The molecule has 32 heavy (non-hydrogen) atoms. The molecule has 1 aliphatic rings.